The number of hydrogen-bond acceptors (Lipinski definition) is 4. The van der Waals surface area contributed by atoms with Gasteiger partial charge in [-0.2, -0.15) is 4.36 Å². The average Bonchev–Trinajstić information content (AvgIpc) is 2.03. The molecule has 70 valence electrons. The van der Waals surface area contributed by atoms with Gasteiger partial charge in [0.25, 0.3) is 0 Å². The third-order valence-electron chi connectivity index (χ3n) is 1.42. The lowest BCUT2D eigenvalue weighted by Gasteiger charge is -2.05. The van der Waals surface area contributed by atoms with E-state index in [1.807, 2.05) is 13.8 Å². The van der Waals surface area contributed by atoms with Crippen molar-refractivity contribution in [2.45, 2.75) is 19.8 Å². The van der Waals surface area contributed by atoms with E-state index in [-0.39, 0.29) is 21.9 Å². The van der Waals surface area contributed by atoms with Crippen molar-refractivity contribution in [2.24, 2.45) is 4.36 Å². The van der Waals surface area contributed by atoms with Crippen LogP contribution >= 0.6 is 23.2 Å². The number of halogens is 2. The second kappa shape index (κ2) is 4.26. The Labute approximate surface area is 91.7 Å². The first kappa shape index (κ1) is 10.8. The Hall–Kier alpha value is -0.320. The zero-order valence-corrected chi connectivity index (χ0v) is 9.41. The van der Waals surface area contributed by atoms with Gasteiger partial charge in [-0.05, 0) is 0 Å². The van der Waals surface area contributed by atoms with Crippen molar-refractivity contribution < 1.29 is 0 Å². The second-order valence-electron chi connectivity index (χ2n) is 2.76. The first-order chi connectivity index (χ1) is 6.06. The lowest BCUT2D eigenvalue weighted by Crippen LogP contribution is -1.97. The van der Waals surface area contributed by atoms with Crippen molar-refractivity contribution in [3.63, 3.8) is 0 Å². The molecule has 1 aromatic heterocycles. The van der Waals surface area contributed by atoms with Crippen LogP contribution in [0.1, 0.15) is 25.6 Å². The molecule has 6 heteroatoms. The minimum Gasteiger partial charge on any atom is -0.218 e. The van der Waals surface area contributed by atoms with Crippen LogP contribution in [0.5, 0.6) is 0 Å². The Morgan fingerprint density at radius 3 is 2.00 bits per heavy atom. The van der Waals surface area contributed by atoms with Crippen LogP contribution in [-0.2, 0) is 12.4 Å². The number of hydrogen-bond donors (Lipinski definition) is 0. The number of rotatable bonds is 2. The highest BCUT2D eigenvalue weighted by Crippen LogP contribution is 2.30. The highest BCUT2D eigenvalue weighted by molar-refractivity contribution is 7.47. The van der Waals surface area contributed by atoms with Gasteiger partial charge in [-0.3, -0.25) is 0 Å². The lowest BCUT2D eigenvalue weighted by molar-refractivity contribution is 0.775. The molecule has 0 unspecified atom stereocenters. The van der Waals surface area contributed by atoms with Crippen LogP contribution in [0.15, 0.2) is 4.36 Å². The molecule has 0 aliphatic rings. The first-order valence-electron chi connectivity index (χ1n) is 3.62. The quantitative estimate of drug-likeness (QED) is 0.739. The van der Waals surface area contributed by atoms with Crippen LogP contribution in [-0.4, -0.2) is 9.97 Å². The smallest absolute Gasteiger partial charge is 0.161 e. The molecule has 0 N–H and O–H groups in total. The van der Waals surface area contributed by atoms with Gasteiger partial charge >= 0.3 is 0 Å². The summed E-state index contributed by atoms with van der Waals surface area (Å²) in [6.45, 7) is 3.90. The molecule has 0 amide bonds. The maximum absolute atomic E-state index is 5.78. The summed E-state index contributed by atoms with van der Waals surface area (Å²) in [6.07, 6.45) is 0. The highest BCUT2D eigenvalue weighted by atomic mass is 35.5. The molecule has 0 bridgehead atoms. The van der Waals surface area contributed by atoms with Gasteiger partial charge in [0, 0.05) is 18.3 Å². The fourth-order valence-corrected chi connectivity index (χ4v) is 1.51. The average molecular weight is 236 g/mol. The van der Waals surface area contributed by atoms with Gasteiger partial charge in [0.2, 0.25) is 0 Å². The summed E-state index contributed by atoms with van der Waals surface area (Å²) in [4.78, 5) is 8.03. The molecule has 0 saturated carbocycles. The Balaban J connectivity index is 3.28. The fraction of sp³-hybridized carbons (Fsp3) is 0.429. The lowest BCUT2D eigenvalue weighted by atomic mass is 10.2. The third kappa shape index (κ3) is 2.33. The minimum atomic E-state index is 0.175. The van der Waals surface area contributed by atoms with E-state index in [0.717, 1.165) is 0 Å². The zero-order chi connectivity index (χ0) is 10.0. The monoisotopic (exact) mass is 235 g/mol. The summed E-state index contributed by atoms with van der Waals surface area (Å²) in [5.74, 6) is 0.770. The van der Waals surface area contributed by atoms with Gasteiger partial charge < -0.3 is 0 Å². The van der Waals surface area contributed by atoms with Crippen molar-refractivity contribution in [1.29, 1.82) is 0 Å². The summed E-state index contributed by atoms with van der Waals surface area (Å²) in [6, 6.07) is 0. The summed E-state index contributed by atoms with van der Waals surface area (Å²) < 4.78 is 3.46. The molecule has 0 aliphatic carbocycles. The molecular formula is C7H7Cl2N3S. The molecule has 0 fully saturated rings. The molecule has 0 radical (unpaired) electrons. The molecule has 0 aliphatic heterocycles. The van der Waals surface area contributed by atoms with E-state index in [0.29, 0.717) is 5.82 Å². The van der Waals surface area contributed by atoms with E-state index in [2.05, 4.69) is 26.8 Å². The van der Waals surface area contributed by atoms with Crippen LogP contribution in [0.3, 0.4) is 0 Å². The molecule has 0 atom stereocenters. The van der Waals surface area contributed by atoms with Crippen molar-refractivity contribution in [3.8, 4) is 0 Å². The summed E-state index contributed by atoms with van der Waals surface area (Å²) in [7, 11) is 0. The molecule has 0 saturated heterocycles. The molecule has 0 spiro atoms. The predicted molar refractivity (Wildman–Crippen MR) is 55.6 cm³/mol. The van der Waals surface area contributed by atoms with Crippen LogP contribution in [0, 0.1) is 0 Å². The molecule has 13 heavy (non-hydrogen) atoms. The first-order valence-corrected chi connectivity index (χ1v) is 4.74. The van der Waals surface area contributed by atoms with E-state index in [1.54, 1.807) is 0 Å². The molecular weight excluding hydrogens is 229 g/mol. The van der Waals surface area contributed by atoms with Crippen LogP contribution in [0.25, 0.3) is 0 Å². The highest BCUT2D eigenvalue weighted by Gasteiger charge is 2.12. The molecule has 1 heterocycles. The Bertz CT molecular complexity index is 318. The van der Waals surface area contributed by atoms with Gasteiger partial charge in [0.1, 0.15) is 5.82 Å². The van der Waals surface area contributed by atoms with Gasteiger partial charge in [-0.25, -0.2) is 9.97 Å². The van der Waals surface area contributed by atoms with Crippen LogP contribution in [0.2, 0.25) is 10.3 Å². The summed E-state index contributed by atoms with van der Waals surface area (Å²) in [5.41, 5.74) is 0.266. The van der Waals surface area contributed by atoms with Crippen LogP contribution < -0.4 is 0 Å². The molecule has 3 nitrogen and oxygen atoms in total. The van der Waals surface area contributed by atoms with E-state index in [1.165, 1.54) is 0 Å². The number of nitrogens with zero attached hydrogens (tertiary/aromatic N) is 3. The zero-order valence-electron chi connectivity index (χ0n) is 7.08. The standard InChI is InChI=1S/C7H7Cl2N3S/c1-3(2)7-10-5(8)4(12-13)6(9)11-7/h3H,1-2H3. The topological polar surface area (TPSA) is 38.1 Å². The van der Waals surface area contributed by atoms with Crippen LogP contribution in [0.4, 0.5) is 5.69 Å². The third-order valence-corrected chi connectivity index (χ3v) is 2.13. The van der Waals surface area contributed by atoms with Gasteiger partial charge in [0.15, 0.2) is 16.0 Å². The fourth-order valence-electron chi connectivity index (χ4n) is 0.751. The Morgan fingerprint density at radius 2 is 1.69 bits per heavy atom. The normalized spacial score (nSPS) is 10.5. The molecule has 1 rings (SSSR count). The molecule has 0 aromatic carbocycles. The van der Waals surface area contributed by atoms with E-state index < -0.39 is 0 Å². The maximum atomic E-state index is 5.78. The van der Waals surface area contributed by atoms with Crippen molar-refractivity contribution in [2.75, 3.05) is 0 Å². The Kier molecular flexibility index (Phi) is 3.53. The summed E-state index contributed by atoms with van der Waals surface area (Å²) >= 11 is 16.0. The second-order valence-corrected chi connectivity index (χ2v) is 3.66. The summed E-state index contributed by atoms with van der Waals surface area (Å²) in [5, 5.41) is 0.414. The van der Waals surface area contributed by atoms with Crippen molar-refractivity contribution in [1.82, 2.24) is 9.97 Å². The largest absolute Gasteiger partial charge is 0.218 e. The number of aromatic nitrogens is 2. The minimum absolute atomic E-state index is 0.175. The maximum Gasteiger partial charge on any atom is 0.161 e. The van der Waals surface area contributed by atoms with Gasteiger partial charge in [-0.15, -0.1) is 0 Å². The van der Waals surface area contributed by atoms with Crippen molar-refractivity contribution in [3.05, 3.63) is 16.1 Å². The van der Waals surface area contributed by atoms with Crippen molar-refractivity contribution >= 4 is 41.3 Å². The van der Waals surface area contributed by atoms with E-state index in [9.17, 15) is 0 Å². The van der Waals surface area contributed by atoms with Gasteiger partial charge in [0.05, 0.1) is 0 Å². The van der Waals surface area contributed by atoms with E-state index in [4.69, 9.17) is 23.2 Å². The Morgan fingerprint density at radius 1 is 1.23 bits per heavy atom. The SMILES string of the molecule is CC(C)c1nc(Cl)c(N=S)c(Cl)n1. The van der Waals surface area contributed by atoms with Gasteiger partial charge in [-0.1, -0.05) is 37.0 Å². The molecule has 1 aromatic rings. The predicted octanol–water partition coefficient (Wildman–Crippen LogP) is 3.27. The van der Waals surface area contributed by atoms with E-state index >= 15 is 0 Å².